The van der Waals surface area contributed by atoms with E-state index in [1.54, 1.807) is 0 Å². The molecule has 0 radical (unpaired) electrons. The fraction of sp³-hybridized carbons (Fsp3) is 0. The van der Waals surface area contributed by atoms with E-state index in [0.29, 0.717) is 0 Å². The molecule has 0 saturated carbocycles. The van der Waals surface area contributed by atoms with Crippen molar-refractivity contribution in [3.63, 3.8) is 0 Å². The Hall–Kier alpha value is 2.02. The first-order valence-electron chi connectivity index (χ1n) is 0.612. The molecule has 0 heterocycles. The Kier molecular flexibility index (Phi) is 26.4. The van der Waals surface area contributed by atoms with Gasteiger partial charge in [0.2, 0.25) is 0 Å². The molecule has 0 aromatic heterocycles. The molecule has 0 atom stereocenters. The van der Waals surface area contributed by atoms with Gasteiger partial charge in [0.1, 0.15) is 0 Å². The second-order valence-corrected chi connectivity index (χ2v) is 0.250. The van der Waals surface area contributed by atoms with E-state index >= 15 is 0 Å². The van der Waals surface area contributed by atoms with E-state index in [0.717, 1.165) is 0 Å². The Morgan fingerprint density at radius 2 is 1.17 bits per heavy atom. The molecule has 0 fully saturated rings. The van der Waals surface area contributed by atoms with Crippen LogP contribution in [0.15, 0.2) is 0 Å². The van der Waals surface area contributed by atoms with E-state index in [-0.39, 0.29) is 83.5 Å². The summed E-state index contributed by atoms with van der Waals surface area (Å²) in [6, 6.07) is 0. The van der Waals surface area contributed by atoms with Crippen molar-refractivity contribution in [2.75, 3.05) is 0 Å². The van der Waals surface area contributed by atoms with Crippen molar-refractivity contribution in [2.24, 2.45) is 0 Å². The van der Waals surface area contributed by atoms with Crippen LogP contribution in [0.25, 0.3) is 0 Å². The maximum absolute atomic E-state index is 8.33. The summed E-state index contributed by atoms with van der Waals surface area (Å²) in [7, 11) is 0. The summed E-state index contributed by atoms with van der Waals surface area (Å²) in [5.74, 6) is 0. The predicted octanol–water partition coefficient (Wildman–Crippen LogP) is -2.45. The second-order valence-electron chi connectivity index (χ2n) is 0.250. The van der Waals surface area contributed by atoms with Crippen LogP contribution in [0.5, 0.6) is 0 Å². The molecule has 5 heteroatoms. The van der Waals surface area contributed by atoms with Gasteiger partial charge >= 0.3 is 0 Å². The zero-order valence-corrected chi connectivity index (χ0v) is 9.00. The van der Waals surface area contributed by atoms with Crippen LogP contribution in [-0.2, 0) is 0 Å². The van der Waals surface area contributed by atoms with Gasteiger partial charge in [-0.25, -0.2) is 0 Å². The van der Waals surface area contributed by atoms with E-state index in [9.17, 15) is 0 Å². The second kappa shape index (κ2) is 10.1. The molecule has 6 heavy (non-hydrogen) atoms. The molecule has 0 aliphatic heterocycles. The van der Waals surface area contributed by atoms with Gasteiger partial charge in [-0.2, -0.15) is 0 Å². The van der Waals surface area contributed by atoms with Crippen molar-refractivity contribution in [3.05, 3.63) is 0 Å². The Labute approximate surface area is 102 Å². The quantitative estimate of drug-likeness (QED) is 0.492. The minimum absolute atomic E-state index is 0. The van der Waals surface area contributed by atoms with E-state index in [1.807, 2.05) is 0 Å². The van der Waals surface area contributed by atoms with Crippen LogP contribution in [0.4, 0.5) is 4.79 Å². The zero-order chi connectivity index (χ0) is 3.58. The van der Waals surface area contributed by atoms with E-state index in [4.69, 9.17) is 15.0 Å². The van der Waals surface area contributed by atoms with Gasteiger partial charge in [0.15, 0.2) is 0 Å². The molecule has 0 spiro atoms. The van der Waals surface area contributed by atoms with Gasteiger partial charge < -0.3 is 15.0 Å². The minimum Gasteiger partial charge on any atom is -0.652 e. The van der Waals surface area contributed by atoms with Crippen molar-refractivity contribution in [1.82, 2.24) is 0 Å². The standard InChI is InChI=1S/CH2O3.2Ce/c2-1(3)4;;/h(H2,2,3,4);;/p-2. The summed E-state index contributed by atoms with van der Waals surface area (Å²) in [6.07, 6.45) is -2.33. The number of rotatable bonds is 0. The maximum Gasteiger partial charge on any atom is 0 e. The third-order valence-corrected chi connectivity index (χ3v) is 0. The molecule has 0 N–H and O–H groups in total. The number of carbonyl (C=O) groups excluding carboxylic acids is 1. The van der Waals surface area contributed by atoms with Crippen LogP contribution < -0.4 is 10.2 Å². The van der Waals surface area contributed by atoms with Gasteiger partial charge in [0.05, 0.1) is 0 Å². The number of carbonyl (C=O) groups is 1. The molecule has 0 aliphatic carbocycles. The summed E-state index contributed by atoms with van der Waals surface area (Å²) < 4.78 is 0. The number of carboxylic acid groups (broad SMARTS) is 2. The minimum atomic E-state index is -2.33. The molecule has 0 aromatic rings. The van der Waals surface area contributed by atoms with Crippen LogP contribution in [-0.4, -0.2) is 6.16 Å². The fourth-order valence-electron chi connectivity index (χ4n) is 0. The normalized spacial score (nSPS) is 4.00. The smallest absolute Gasteiger partial charge is 0 e. The van der Waals surface area contributed by atoms with Gasteiger partial charge in [-0.05, 0) is 6.16 Å². The number of hydrogen-bond acceptors (Lipinski definition) is 3. The third-order valence-electron chi connectivity index (χ3n) is 0. The van der Waals surface area contributed by atoms with Crippen LogP contribution >= 0.6 is 0 Å². The first-order valence-corrected chi connectivity index (χ1v) is 0.612. The van der Waals surface area contributed by atoms with Gasteiger partial charge in [-0.1, -0.05) is 0 Å². The average molecular weight is 340 g/mol. The van der Waals surface area contributed by atoms with Crippen LogP contribution in [0.3, 0.4) is 0 Å². The van der Waals surface area contributed by atoms with Gasteiger partial charge in [0, 0.05) is 83.5 Å². The first kappa shape index (κ1) is 15.7. The number of hydrogen-bond donors (Lipinski definition) is 0. The molecular formula is CCe2O3-2. The van der Waals surface area contributed by atoms with E-state index in [2.05, 4.69) is 0 Å². The SMILES string of the molecule is O=C([O-])[O-].[Ce].[Ce]. The van der Waals surface area contributed by atoms with Crippen LogP contribution in [0.1, 0.15) is 0 Å². The fourth-order valence-corrected chi connectivity index (χ4v) is 0. The predicted molar refractivity (Wildman–Crippen MR) is 5.40 cm³/mol. The molecular weight excluding hydrogens is 340 g/mol. The third kappa shape index (κ3) is 37.1. The molecule has 0 saturated heterocycles. The molecule has 0 unspecified atom stereocenters. The Morgan fingerprint density at radius 3 is 1.17 bits per heavy atom. The Bertz CT molecular complexity index is 31.8. The molecule has 0 aromatic carbocycles. The monoisotopic (exact) mass is 340 g/mol. The van der Waals surface area contributed by atoms with Crippen LogP contribution in [0.2, 0.25) is 0 Å². The summed E-state index contributed by atoms with van der Waals surface area (Å²) in [6.45, 7) is 0. The molecule has 0 bridgehead atoms. The molecule has 0 aliphatic rings. The molecule has 3 nitrogen and oxygen atoms in total. The first-order chi connectivity index (χ1) is 1.73. The van der Waals surface area contributed by atoms with Crippen molar-refractivity contribution in [2.45, 2.75) is 0 Å². The zero-order valence-electron chi connectivity index (χ0n) is 2.72. The summed E-state index contributed by atoms with van der Waals surface area (Å²) in [5.41, 5.74) is 0. The summed E-state index contributed by atoms with van der Waals surface area (Å²) in [5, 5.41) is 16.7. The van der Waals surface area contributed by atoms with Crippen molar-refractivity contribution in [1.29, 1.82) is 0 Å². The molecule has 0 rings (SSSR count). The van der Waals surface area contributed by atoms with Gasteiger partial charge in [0.25, 0.3) is 0 Å². The topological polar surface area (TPSA) is 63.2 Å². The van der Waals surface area contributed by atoms with Gasteiger partial charge in [-0.15, -0.1) is 0 Å². The average Bonchev–Trinajstić information content (AvgIpc) is 0.811. The van der Waals surface area contributed by atoms with E-state index < -0.39 is 6.16 Å². The Morgan fingerprint density at radius 1 is 1.17 bits per heavy atom. The summed E-state index contributed by atoms with van der Waals surface area (Å²) >= 11 is 0. The molecule has 32 valence electrons. The maximum atomic E-state index is 8.33. The van der Waals surface area contributed by atoms with Crippen molar-refractivity contribution in [3.8, 4) is 0 Å². The Balaban J connectivity index is -0.0000000450. The van der Waals surface area contributed by atoms with E-state index in [1.165, 1.54) is 0 Å². The van der Waals surface area contributed by atoms with Crippen LogP contribution in [0, 0.1) is 83.5 Å². The summed E-state index contributed by atoms with van der Waals surface area (Å²) in [4.78, 5) is 8.33. The van der Waals surface area contributed by atoms with Crippen molar-refractivity contribution >= 4 is 6.16 Å². The van der Waals surface area contributed by atoms with Crippen molar-refractivity contribution < 1.29 is 98.5 Å². The van der Waals surface area contributed by atoms with Gasteiger partial charge in [-0.3, -0.25) is 0 Å². The largest absolute Gasteiger partial charge is 0.652 e. The molecule has 0 amide bonds.